The molecule has 0 heterocycles. The molecule has 0 aliphatic heterocycles. The first kappa shape index (κ1) is 44.3. The molecule has 7 aromatic carbocycles. The van der Waals surface area contributed by atoms with Crippen molar-refractivity contribution >= 4 is 50.0 Å². The van der Waals surface area contributed by atoms with Crippen LogP contribution in [-0.2, 0) is 21.7 Å². The highest BCUT2D eigenvalue weighted by Gasteiger charge is 2.39. The summed E-state index contributed by atoms with van der Waals surface area (Å²) in [5.41, 5.74) is 16.9. The summed E-state index contributed by atoms with van der Waals surface area (Å²) < 4.78 is 0. The molecule has 0 saturated heterocycles. The van der Waals surface area contributed by atoms with Gasteiger partial charge >= 0.3 is 0 Å². The second-order valence-electron chi connectivity index (χ2n) is 23.5. The number of benzene rings is 7. The van der Waals surface area contributed by atoms with Crippen LogP contribution in [0.2, 0.25) is 0 Å². The van der Waals surface area contributed by atoms with E-state index in [4.69, 9.17) is 0 Å². The van der Waals surface area contributed by atoms with Gasteiger partial charge in [-0.15, -0.1) is 0 Å². The highest BCUT2D eigenvalue weighted by atomic mass is 15.2. The Hall–Kier alpha value is -5.86. The van der Waals surface area contributed by atoms with Crippen LogP contribution in [0.15, 0.2) is 157 Å². The Morgan fingerprint density at radius 3 is 1.45 bits per heavy atom. The van der Waals surface area contributed by atoms with Crippen molar-refractivity contribution in [3.8, 4) is 11.1 Å². The average molecular weight is 855 g/mol. The molecule has 2 aliphatic rings. The Labute approximate surface area is 390 Å². The topological polar surface area (TPSA) is 6.48 Å². The van der Waals surface area contributed by atoms with Gasteiger partial charge in [-0.25, -0.2) is 0 Å². The Morgan fingerprint density at radius 2 is 0.954 bits per heavy atom. The Morgan fingerprint density at radius 1 is 0.462 bits per heavy atom. The molecule has 0 saturated carbocycles. The molecule has 1 atom stereocenters. The standard InChI is InChI=1S/C63H70N2/c1-59(2,3)41-19-27-45(28-20-41)64(46-29-21-42(22-30-46)60(4,5)6)49-35-37-53-55(39-49)51-17-15-16-18-52(51)57-54-38-36-50(40-56(54)63(13,14)58(53)57)65(47-31-23-43(24-32-47)61(7,8)9)48-33-25-44(26-34-48)62(10,11)12/h15-33,35-40,48H,34H2,1-14H3. The number of hydrogen-bond donors (Lipinski definition) is 0. The van der Waals surface area contributed by atoms with E-state index in [1.54, 1.807) is 0 Å². The van der Waals surface area contributed by atoms with E-state index in [9.17, 15) is 0 Å². The van der Waals surface area contributed by atoms with Crippen LogP contribution in [0.25, 0.3) is 32.7 Å². The minimum atomic E-state index is -0.251. The molecule has 0 aromatic heterocycles. The first-order valence-corrected chi connectivity index (χ1v) is 24.0. The van der Waals surface area contributed by atoms with Crippen molar-refractivity contribution in [2.75, 3.05) is 9.80 Å². The van der Waals surface area contributed by atoms with Gasteiger partial charge in [-0.2, -0.15) is 0 Å². The first-order valence-electron chi connectivity index (χ1n) is 24.0. The number of hydrogen-bond acceptors (Lipinski definition) is 2. The molecule has 0 fully saturated rings. The van der Waals surface area contributed by atoms with Crippen LogP contribution in [0.1, 0.15) is 131 Å². The van der Waals surface area contributed by atoms with Gasteiger partial charge in [0.25, 0.3) is 0 Å². The summed E-state index contributed by atoms with van der Waals surface area (Å²) in [4.78, 5) is 5.02. The third kappa shape index (κ3) is 8.02. The van der Waals surface area contributed by atoms with Crippen molar-refractivity contribution < 1.29 is 0 Å². The van der Waals surface area contributed by atoms with Gasteiger partial charge in [0.15, 0.2) is 0 Å². The van der Waals surface area contributed by atoms with Gasteiger partial charge in [0.2, 0.25) is 0 Å². The molecule has 0 N–H and O–H groups in total. The van der Waals surface area contributed by atoms with Gasteiger partial charge in [0, 0.05) is 33.9 Å². The van der Waals surface area contributed by atoms with E-state index in [0.29, 0.717) is 0 Å². The Bertz CT molecular complexity index is 2920. The summed E-state index contributed by atoms with van der Waals surface area (Å²) in [6.45, 7) is 32.4. The molecule has 0 radical (unpaired) electrons. The van der Waals surface area contributed by atoms with Crippen LogP contribution < -0.4 is 9.80 Å². The van der Waals surface area contributed by atoms with Crippen molar-refractivity contribution in [3.05, 3.63) is 185 Å². The van der Waals surface area contributed by atoms with Crippen LogP contribution in [0.5, 0.6) is 0 Å². The predicted molar refractivity (Wildman–Crippen MR) is 283 cm³/mol. The molecule has 0 spiro atoms. The maximum absolute atomic E-state index is 2.58. The molecular formula is C63H70N2. The normalized spacial score (nSPS) is 16.1. The molecule has 2 aliphatic carbocycles. The van der Waals surface area contributed by atoms with Crippen molar-refractivity contribution in [2.45, 2.75) is 131 Å². The summed E-state index contributed by atoms with van der Waals surface area (Å²) >= 11 is 0. The molecule has 7 aromatic rings. The van der Waals surface area contributed by atoms with Crippen LogP contribution in [-0.4, -0.2) is 6.04 Å². The fraction of sp³-hybridized carbons (Fsp3) is 0.333. The molecule has 2 heteroatoms. The highest BCUT2D eigenvalue weighted by Crippen LogP contribution is 2.56. The van der Waals surface area contributed by atoms with E-state index in [1.165, 1.54) is 77.4 Å². The fourth-order valence-electron chi connectivity index (χ4n) is 10.5. The van der Waals surface area contributed by atoms with Gasteiger partial charge in [-0.3, -0.25) is 0 Å². The van der Waals surface area contributed by atoms with E-state index in [1.807, 2.05) is 0 Å². The molecular weight excluding hydrogens is 785 g/mol. The van der Waals surface area contributed by atoms with Crippen molar-refractivity contribution in [3.63, 3.8) is 0 Å². The van der Waals surface area contributed by atoms with Crippen LogP contribution >= 0.6 is 0 Å². The zero-order chi connectivity index (χ0) is 46.4. The predicted octanol–water partition coefficient (Wildman–Crippen LogP) is 18.1. The van der Waals surface area contributed by atoms with Crippen molar-refractivity contribution in [1.82, 2.24) is 0 Å². The minimum Gasteiger partial charge on any atom is -0.334 e. The third-order valence-corrected chi connectivity index (χ3v) is 14.4. The molecule has 0 bridgehead atoms. The lowest BCUT2D eigenvalue weighted by molar-refractivity contribution is 0.510. The van der Waals surface area contributed by atoms with E-state index in [-0.39, 0.29) is 33.1 Å². The highest BCUT2D eigenvalue weighted by molar-refractivity contribution is 6.19. The van der Waals surface area contributed by atoms with E-state index < -0.39 is 0 Å². The fourth-order valence-corrected chi connectivity index (χ4v) is 10.5. The van der Waals surface area contributed by atoms with Gasteiger partial charge in [0.05, 0.1) is 6.04 Å². The maximum Gasteiger partial charge on any atom is 0.0560 e. The number of allylic oxidation sites excluding steroid dienone is 2. The van der Waals surface area contributed by atoms with Crippen LogP contribution in [0.3, 0.4) is 0 Å². The molecule has 0 amide bonds. The summed E-state index contributed by atoms with van der Waals surface area (Å²) in [6.07, 6.45) is 8.23. The lowest BCUT2D eigenvalue weighted by Gasteiger charge is -2.36. The summed E-state index contributed by atoms with van der Waals surface area (Å²) in [7, 11) is 0. The van der Waals surface area contributed by atoms with Gasteiger partial charge < -0.3 is 9.80 Å². The monoisotopic (exact) mass is 855 g/mol. The lowest BCUT2D eigenvalue weighted by Crippen LogP contribution is -2.31. The van der Waals surface area contributed by atoms with E-state index in [2.05, 4.69) is 258 Å². The van der Waals surface area contributed by atoms with Crippen molar-refractivity contribution in [2.24, 2.45) is 5.41 Å². The average Bonchev–Trinajstić information content (AvgIpc) is 3.49. The molecule has 2 nitrogen and oxygen atoms in total. The van der Waals surface area contributed by atoms with E-state index >= 15 is 0 Å². The second kappa shape index (κ2) is 15.6. The molecule has 332 valence electrons. The SMILES string of the molecule is CC(C)(C)C1=CCC(N(c2ccc(C(C)(C)C)cc2)c2ccc3c(c2)C(C)(C)c2c-3c3ccccc3c3cc(N(c4ccc(C(C)(C)C)cc4)c4ccc(C(C)(C)C)cc4)ccc23)C=C1. The third-order valence-electron chi connectivity index (χ3n) is 14.4. The quantitative estimate of drug-likeness (QED) is 0.154. The maximum atomic E-state index is 2.58. The van der Waals surface area contributed by atoms with Gasteiger partial charge in [-0.1, -0.05) is 188 Å². The molecule has 9 rings (SSSR count). The zero-order valence-electron chi connectivity index (χ0n) is 41.6. The largest absolute Gasteiger partial charge is 0.334 e. The van der Waals surface area contributed by atoms with Crippen LogP contribution in [0, 0.1) is 5.41 Å². The Balaban J connectivity index is 1.19. The summed E-state index contributed by atoms with van der Waals surface area (Å²) in [6, 6.07) is 51.6. The van der Waals surface area contributed by atoms with Crippen LogP contribution in [0.4, 0.5) is 28.4 Å². The minimum absolute atomic E-state index is 0.0709. The molecule has 1 unspecified atom stereocenters. The number of anilines is 5. The number of rotatable bonds is 6. The van der Waals surface area contributed by atoms with Gasteiger partial charge in [-0.05, 0) is 155 Å². The summed E-state index contributed by atoms with van der Waals surface area (Å²) in [5.74, 6) is 0. The van der Waals surface area contributed by atoms with Crippen molar-refractivity contribution in [1.29, 1.82) is 0 Å². The van der Waals surface area contributed by atoms with Gasteiger partial charge in [0.1, 0.15) is 0 Å². The molecule has 65 heavy (non-hydrogen) atoms. The lowest BCUT2D eigenvalue weighted by atomic mass is 9.79. The number of fused-ring (bicyclic) bond motifs is 8. The Kier molecular flexibility index (Phi) is 10.7. The second-order valence-corrected chi connectivity index (χ2v) is 23.5. The zero-order valence-corrected chi connectivity index (χ0v) is 41.6. The smallest absolute Gasteiger partial charge is 0.0560 e. The summed E-state index contributed by atoms with van der Waals surface area (Å²) in [5, 5.41) is 5.21. The van der Waals surface area contributed by atoms with E-state index in [0.717, 1.165) is 23.5 Å². The number of nitrogens with zero attached hydrogens (tertiary/aromatic N) is 2. The first-order chi connectivity index (χ1) is 30.5.